The average Bonchev–Trinajstić information content (AvgIpc) is 1.61. The van der Waals surface area contributed by atoms with Crippen molar-refractivity contribution in [1.29, 1.82) is 0 Å². The van der Waals surface area contributed by atoms with Gasteiger partial charge >= 0.3 is 0 Å². The Balaban J connectivity index is 0.000000112. The smallest absolute Gasteiger partial charge is 0.160 e. The molecule has 0 aliphatic carbocycles. The van der Waals surface area contributed by atoms with E-state index in [9.17, 15) is 17.6 Å². The van der Waals surface area contributed by atoms with Gasteiger partial charge in [0.1, 0.15) is 29.1 Å². The van der Waals surface area contributed by atoms with E-state index < -0.39 is 11.6 Å². The number of anilines is 1. The second-order valence-corrected chi connectivity index (χ2v) is 36.2. The van der Waals surface area contributed by atoms with Crippen molar-refractivity contribution in [2.75, 3.05) is 97.2 Å². The Morgan fingerprint density at radius 1 is 0.324 bits per heavy atom. The number of hydrogen-bond donors (Lipinski definition) is 2. The molecule has 0 unspecified atom stereocenters. The molecule has 0 bridgehead atoms. The maximum atomic E-state index is 14.7. The number of rotatable bonds is 18. The van der Waals surface area contributed by atoms with Gasteiger partial charge in [-0.1, -0.05) is 47.5 Å². The van der Waals surface area contributed by atoms with Crippen molar-refractivity contribution >= 4 is 73.2 Å². The van der Waals surface area contributed by atoms with Gasteiger partial charge in [0.2, 0.25) is 0 Å². The number of likely N-dealkylation sites (tertiary alicyclic amines) is 1. The Hall–Kier alpha value is -15.6. The van der Waals surface area contributed by atoms with Gasteiger partial charge in [-0.2, -0.15) is 15.3 Å². The molecule has 0 saturated carbocycles. The number of morpholine rings is 1. The first-order valence-corrected chi connectivity index (χ1v) is 48.0. The molecule has 16 aromatic heterocycles. The van der Waals surface area contributed by atoms with E-state index >= 15 is 0 Å². The van der Waals surface area contributed by atoms with Gasteiger partial charge < -0.3 is 25.2 Å². The van der Waals surface area contributed by atoms with E-state index in [2.05, 4.69) is 166 Å². The molecule has 4 fully saturated rings. The van der Waals surface area contributed by atoms with Gasteiger partial charge in [-0.3, -0.25) is 38.9 Å². The largest absolute Gasteiger partial charge is 0.379 e. The van der Waals surface area contributed by atoms with Gasteiger partial charge in [0.05, 0.1) is 73.2 Å². The van der Waals surface area contributed by atoms with E-state index in [0.29, 0.717) is 89.7 Å². The topological polar surface area (TPSA) is 264 Å². The zero-order chi connectivity index (χ0) is 96.4. The molecule has 4 saturated heterocycles. The Morgan fingerprint density at radius 3 is 1.14 bits per heavy atom. The fraction of sp³-hybridized carbons (Fsp3) is 0.189. The van der Waals surface area contributed by atoms with Gasteiger partial charge in [-0.25, -0.2) is 62.4 Å². The third-order valence-corrected chi connectivity index (χ3v) is 26.6. The minimum absolute atomic E-state index is 0.311. The van der Waals surface area contributed by atoms with E-state index in [1.807, 2.05) is 158 Å². The number of piperazine rings is 1. The highest BCUT2D eigenvalue weighted by Gasteiger charge is 2.26. The van der Waals surface area contributed by atoms with Gasteiger partial charge in [0.15, 0.2) is 22.6 Å². The molecule has 31 heteroatoms. The molecule has 2 N–H and O–H groups in total. The summed E-state index contributed by atoms with van der Waals surface area (Å²) in [6.45, 7) is 13.3. The predicted octanol–water partition coefficient (Wildman–Crippen LogP) is 21.9. The van der Waals surface area contributed by atoms with Crippen LogP contribution in [0, 0.1) is 23.3 Å². The lowest BCUT2D eigenvalue weighted by atomic mass is 9.98. The zero-order valence-corrected chi connectivity index (χ0v) is 78.9. The summed E-state index contributed by atoms with van der Waals surface area (Å²) in [6.07, 6.45) is 39.6. The number of nitrogens with one attached hydrogen (secondary N) is 2. The molecular formula is C111H94Cl2F4N24O. The summed E-state index contributed by atoms with van der Waals surface area (Å²) >= 11 is 12.3. The van der Waals surface area contributed by atoms with Crippen molar-refractivity contribution in [3.8, 4) is 134 Å². The van der Waals surface area contributed by atoms with Crippen LogP contribution in [0.5, 0.6) is 0 Å². The minimum atomic E-state index is -0.394. The average molecular weight is 1930 g/mol. The standard InChI is InChI=1S/C28H24ClFN6O.C28H22ClFN6.C28H25FN6.C27H23FN6/c29-22-3-4-26(30)25(13-22)27-14-24(23-2-1-5-32-28(23)34-27)20-12-19(15-31-16-20)21-17-33-36(18-21)7-6-35-8-10-37-11-9-35;29-21-4-5-25(30)24(13-21)26-14-23(22-2-1-7-33-28(22)35-26)20-12-19(15-32-16-20)18-3-6-27(34-17-18)36-10-8-31-9-11-36;1-34-11-8-22(9-12-34)35-18-21(17-32-35)19-13-20(16-30-15-19)25-14-27(24-5-2-3-7-26(24)29)33-28-23(25)6-4-10-31-28;28-25-6-2-1-4-23(25)26-13-24(22-5-3-9-31-27(22)33-26)19-12-18(14-30-15-19)20-16-32-34(17-20)21-7-10-29-11-8-21/h1-5,12-18H,6-11H2;1-7,12-17,31H,8-11H2;2-7,10,13-18,22H,8-9,11-12H2,1H3;1-6,9,12-17,21,29H,7-8,10-11H2. The SMILES string of the molecule is CN1CCC(n2cc(-c3cncc(-c4cc(-c5ccccc5F)nc5ncccc45)c3)cn2)CC1.Fc1ccc(Cl)cc1-c1cc(-c2cncc(-c3ccc(N4CCNCC4)nc3)c2)c2cccnc2n1.Fc1ccc(Cl)cc1-c1cc(-c2cncc(-c3cnn(CCN4CCOCC4)c3)c2)c2cccnc2n1.Fc1ccccc1-c1cc(-c2cncc(-c3cnn(C4CCNCC4)c3)c2)c2cccnc2n1. The van der Waals surface area contributed by atoms with Crippen LogP contribution in [-0.2, 0) is 11.3 Å². The normalized spacial score (nSPS) is 14.4. The van der Waals surface area contributed by atoms with Gasteiger partial charge in [-0.15, -0.1) is 0 Å². The zero-order valence-electron chi connectivity index (χ0n) is 77.3. The summed E-state index contributed by atoms with van der Waals surface area (Å²) in [5.74, 6) is -0.434. The van der Waals surface area contributed by atoms with Crippen LogP contribution in [0.1, 0.15) is 37.8 Å². The van der Waals surface area contributed by atoms with E-state index in [-0.39, 0.29) is 11.6 Å². The molecule has 0 radical (unpaired) electrons. The molecule has 4 aliphatic heterocycles. The van der Waals surface area contributed by atoms with E-state index in [1.165, 1.54) is 36.4 Å². The Kier molecular flexibility index (Phi) is 27.8. The first-order chi connectivity index (χ1) is 69.7. The lowest BCUT2D eigenvalue weighted by Crippen LogP contribution is -2.43. The Morgan fingerprint density at radius 2 is 0.711 bits per heavy atom. The molecule has 24 rings (SSSR count). The van der Waals surface area contributed by atoms with E-state index in [0.717, 1.165) is 234 Å². The maximum Gasteiger partial charge on any atom is 0.160 e. The summed E-state index contributed by atoms with van der Waals surface area (Å²) in [6, 6.07) is 58.5. The molecule has 4 aliphatic rings. The van der Waals surface area contributed by atoms with Gasteiger partial charge in [0.25, 0.3) is 0 Å². The summed E-state index contributed by atoms with van der Waals surface area (Å²) in [7, 11) is 2.16. The highest BCUT2D eigenvalue weighted by Crippen LogP contribution is 2.42. The number of benzene rings is 4. The summed E-state index contributed by atoms with van der Waals surface area (Å²) in [4.78, 5) is 66.1. The van der Waals surface area contributed by atoms with Crippen molar-refractivity contribution in [3.05, 3.63) is 345 Å². The van der Waals surface area contributed by atoms with Crippen LogP contribution in [0.15, 0.2) is 312 Å². The van der Waals surface area contributed by atoms with E-state index in [1.54, 1.807) is 73.6 Å². The van der Waals surface area contributed by atoms with Crippen LogP contribution < -0.4 is 15.5 Å². The predicted molar refractivity (Wildman–Crippen MR) is 549 cm³/mol. The molecule has 0 spiro atoms. The van der Waals surface area contributed by atoms with Crippen molar-refractivity contribution < 1.29 is 22.3 Å². The van der Waals surface area contributed by atoms with Crippen molar-refractivity contribution in [2.45, 2.75) is 44.3 Å². The fourth-order valence-electron chi connectivity index (χ4n) is 18.5. The van der Waals surface area contributed by atoms with Crippen molar-refractivity contribution in [1.82, 2.24) is 115 Å². The third-order valence-electron chi connectivity index (χ3n) is 26.1. The van der Waals surface area contributed by atoms with Crippen molar-refractivity contribution in [3.63, 3.8) is 0 Å². The second kappa shape index (κ2) is 42.6. The number of halogens is 6. The highest BCUT2D eigenvalue weighted by molar-refractivity contribution is 6.31. The van der Waals surface area contributed by atoms with Crippen LogP contribution in [0.3, 0.4) is 0 Å². The number of hydrogen-bond acceptors (Lipinski definition) is 22. The highest BCUT2D eigenvalue weighted by atomic mass is 35.5. The molecule has 4 aromatic carbocycles. The fourth-order valence-corrected chi connectivity index (χ4v) is 18.8. The second-order valence-electron chi connectivity index (χ2n) is 35.3. The molecule has 142 heavy (non-hydrogen) atoms. The molecule has 20 aromatic rings. The molecule has 0 amide bonds. The number of aromatic nitrogens is 19. The number of nitrogens with zero attached hydrogens (tertiary/aromatic N) is 22. The Bertz CT molecular complexity index is 7940. The molecular weight excluding hydrogens is 1830 g/mol. The van der Waals surface area contributed by atoms with Crippen LogP contribution in [0.2, 0.25) is 10.0 Å². The number of piperidine rings is 2. The molecule has 0 atom stereocenters. The van der Waals surface area contributed by atoms with Crippen molar-refractivity contribution in [2.24, 2.45) is 0 Å². The molecule has 20 heterocycles. The minimum Gasteiger partial charge on any atom is -0.379 e. The van der Waals surface area contributed by atoms with Crippen LogP contribution >= 0.6 is 23.2 Å². The van der Waals surface area contributed by atoms with Crippen LogP contribution in [0.25, 0.3) is 178 Å². The van der Waals surface area contributed by atoms with Crippen LogP contribution in [-0.4, -0.2) is 196 Å². The van der Waals surface area contributed by atoms with E-state index in [4.69, 9.17) is 32.9 Å². The number of pyridine rings is 13. The summed E-state index contributed by atoms with van der Waals surface area (Å²) in [5, 5.41) is 25.0. The first kappa shape index (κ1) is 92.7. The first-order valence-electron chi connectivity index (χ1n) is 47.2. The maximum absolute atomic E-state index is 14.7. The lowest BCUT2D eigenvalue weighted by molar-refractivity contribution is 0.0360. The Labute approximate surface area is 825 Å². The summed E-state index contributed by atoms with van der Waals surface area (Å²) in [5.41, 5.74) is 20.8. The monoisotopic (exact) mass is 1920 g/mol. The molecule has 25 nitrogen and oxygen atoms in total. The molecule has 706 valence electrons. The van der Waals surface area contributed by atoms with Gasteiger partial charge in [0, 0.05) is 266 Å². The summed E-state index contributed by atoms with van der Waals surface area (Å²) < 4.78 is 70.1. The van der Waals surface area contributed by atoms with Gasteiger partial charge in [-0.05, 0) is 251 Å². The number of ether oxygens (including phenoxy) is 1. The quantitative estimate of drug-likeness (QED) is 0.0756. The van der Waals surface area contributed by atoms with Crippen LogP contribution in [0.4, 0.5) is 23.4 Å². The number of fused-ring (bicyclic) bond motifs is 4. The third kappa shape index (κ3) is 21.0. The lowest BCUT2D eigenvalue weighted by Gasteiger charge is -2.28.